The van der Waals surface area contributed by atoms with Crippen molar-refractivity contribution in [1.29, 1.82) is 0 Å². The summed E-state index contributed by atoms with van der Waals surface area (Å²) in [4.78, 5) is 27.5. The van der Waals surface area contributed by atoms with Crippen LogP contribution in [0.15, 0.2) is 5.11 Å². The fourth-order valence-corrected chi connectivity index (χ4v) is 3.52. The maximum Gasteiger partial charge on any atom is 0.362 e. The quantitative estimate of drug-likeness (QED) is 0.246. The van der Waals surface area contributed by atoms with Crippen molar-refractivity contribution in [2.45, 2.75) is 25.4 Å². The van der Waals surface area contributed by atoms with Gasteiger partial charge < -0.3 is 4.90 Å². The van der Waals surface area contributed by atoms with E-state index in [9.17, 15) is 18.0 Å². The van der Waals surface area contributed by atoms with Gasteiger partial charge in [0.05, 0.1) is 6.04 Å². The van der Waals surface area contributed by atoms with E-state index >= 15 is 0 Å². The minimum Gasteiger partial charge on any atom is -0.328 e. The molecule has 0 aromatic rings. The second-order valence-electron chi connectivity index (χ2n) is 4.83. The molecule has 11 heteroatoms. The van der Waals surface area contributed by atoms with Crippen LogP contribution in [0.4, 0.5) is 0 Å². The molecular formula is C9H13N5O5S. The highest BCUT2D eigenvalue weighted by Crippen LogP contribution is 2.32. The zero-order chi connectivity index (χ0) is 15.1. The summed E-state index contributed by atoms with van der Waals surface area (Å²) in [6.07, 6.45) is 0.154. The molecular weight excluding hydrogens is 290 g/mol. The molecule has 2 saturated heterocycles. The molecule has 0 spiro atoms. The van der Waals surface area contributed by atoms with Crippen LogP contribution in [-0.4, -0.2) is 59.2 Å². The number of likely N-dealkylation sites (tertiary alicyclic amines) is 1. The lowest BCUT2D eigenvalue weighted by atomic mass is 9.99. The Kier molecular flexibility index (Phi) is 3.59. The Morgan fingerprint density at radius 3 is 2.65 bits per heavy atom. The molecule has 0 aromatic carbocycles. The lowest BCUT2D eigenvalue weighted by Gasteiger charge is -2.46. The second kappa shape index (κ2) is 4.93. The van der Waals surface area contributed by atoms with Crippen LogP contribution in [0.1, 0.15) is 13.3 Å². The van der Waals surface area contributed by atoms with Crippen molar-refractivity contribution in [2.24, 2.45) is 11.0 Å². The monoisotopic (exact) mass is 303 g/mol. The summed E-state index contributed by atoms with van der Waals surface area (Å²) < 4.78 is 31.2. The zero-order valence-corrected chi connectivity index (χ0v) is 11.4. The number of hydrogen-bond acceptors (Lipinski definition) is 5. The molecule has 1 N–H and O–H groups in total. The Hall–Kier alpha value is -1.84. The smallest absolute Gasteiger partial charge is 0.328 e. The summed E-state index contributed by atoms with van der Waals surface area (Å²) in [5, 5.41) is 3.39. The van der Waals surface area contributed by atoms with Crippen LogP contribution in [0.2, 0.25) is 0 Å². The third kappa shape index (κ3) is 2.30. The molecule has 10 nitrogen and oxygen atoms in total. The van der Waals surface area contributed by atoms with Gasteiger partial charge in [0.25, 0.3) is 5.91 Å². The molecule has 2 heterocycles. The number of carbonyl (C=O) groups is 2. The van der Waals surface area contributed by atoms with Gasteiger partial charge in [-0.05, 0) is 18.4 Å². The lowest BCUT2D eigenvalue weighted by molar-refractivity contribution is -0.154. The van der Waals surface area contributed by atoms with E-state index in [2.05, 4.69) is 10.0 Å². The highest BCUT2D eigenvalue weighted by molar-refractivity contribution is 7.84. The summed E-state index contributed by atoms with van der Waals surface area (Å²) in [7, 11) is -4.59. The Morgan fingerprint density at radius 2 is 2.15 bits per heavy atom. The minimum atomic E-state index is -4.59. The Balaban J connectivity index is 2.09. The number of hydrogen-bond donors (Lipinski definition) is 1. The maximum atomic E-state index is 11.8. The fraction of sp³-hybridized carbons (Fsp3) is 0.778. The van der Waals surface area contributed by atoms with Crippen molar-refractivity contribution in [1.82, 2.24) is 9.21 Å². The van der Waals surface area contributed by atoms with Gasteiger partial charge in [0, 0.05) is 24.4 Å². The third-order valence-corrected chi connectivity index (χ3v) is 4.53. The highest BCUT2D eigenvalue weighted by Gasteiger charge is 2.55. The molecule has 0 radical (unpaired) electrons. The van der Waals surface area contributed by atoms with Gasteiger partial charge in [-0.2, -0.15) is 8.42 Å². The van der Waals surface area contributed by atoms with Gasteiger partial charge in [0.1, 0.15) is 6.04 Å². The van der Waals surface area contributed by atoms with Crippen molar-refractivity contribution >= 4 is 22.1 Å². The van der Waals surface area contributed by atoms with E-state index in [1.54, 1.807) is 0 Å². The van der Waals surface area contributed by atoms with Crippen LogP contribution < -0.4 is 0 Å². The van der Waals surface area contributed by atoms with E-state index < -0.39 is 28.3 Å². The van der Waals surface area contributed by atoms with Crippen molar-refractivity contribution < 1.29 is 22.6 Å². The van der Waals surface area contributed by atoms with Gasteiger partial charge in [-0.3, -0.25) is 14.1 Å². The topological polar surface area (TPSA) is 144 Å². The fourth-order valence-electron chi connectivity index (χ4n) is 2.65. The molecule has 0 saturated carbocycles. The molecule has 2 aliphatic rings. The van der Waals surface area contributed by atoms with Gasteiger partial charge in [-0.1, -0.05) is 5.11 Å². The predicted octanol–water partition coefficient (Wildman–Crippen LogP) is -0.453. The Bertz CT molecular complexity index is 598. The van der Waals surface area contributed by atoms with E-state index in [0.29, 0.717) is 4.31 Å². The van der Waals surface area contributed by atoms with Gasteiger partial charge in [0.2, 0.25) is 5.91 Å². The molecule has 0 aromatic heterocycles. The molecule has 1 unspecified atom stereocenters. The average molecular weight is 303 g/mol. The molecule has 110 valence electrons. The third-order valence-electron chi connectivity index (χ3n) is 3.52. The Labute approximate surface area is 114 Å². The van der Waals surface area contributed by atoms with Crippen molar-refractivity contribution in [3.63, 3.8) is 0 Å². The van der Waals surface area contributed by atoms with E-state index in [1.807, 2.05) is 0 Å². The first-order valence-corrected chi connectivity index (χ1v) is 7.28. The van der Waals surface area contributed by atoms with Crippen LogP contribution in [-0.2, 0) is 19.9 Å². The lowest BCUT2D eigenvalue weighted by Crippen LogP contribution is -2.70. The largest absolute Gasteiger partial charge is 0.362 e. The number of β-lactam (4-membered cyclic amide) rings is 1. The number of amides is 2. The molecule has 2 fully saturated rings. The molecule has 20 heavy (non-hydrogen) atoms. The van der Waals surface area contributed by atoms with Crippen molar-refractivity contribution in [2.75, 3.05) is 13.1 Å². The number of rotatable bonds is 4. The van der Waals surface area contributed by atoms with Crippen LogP contribution in [0.25, 0.3) is 10.4 Å². The predicted molar refractivity (Wildman–Crippen MR) is 65.5 cm³/mol. The standard InChI is InChI=1S/C9H13N5O5S/c1-5-8(9(16)14(5)20(17,18)19)13-4-6(2-7(13)15)3-11-12-10/h5-6,8H,2-4H2,1H3,(H,17,18,19)/t5-,6?,8-/m0/s1. The van der Waals surface area contributed by atoms with Crippen LogP contribution in [0.5, 0.6) is 0 Å². The summed E-state index contributed by atoms with van der Waals surface area (Å²) in [5.74, 6) is -1.29. The molecule has 3 atom stereocenters. The van der Waals surface area contributed by atoms with Gasteiger partial charge in [0.15, 0.2) is 0 Å². The average Bonchev–Trinajstić information content (AvgIpc) is 2.66. The Morgan fingerprint density at radius 1 is 1.50 bits per heavy atom. The van der Waals surface area contributed by atoms with Gasteiger partial charge >= 0.3 is 10.3 Å². The van der Waals surface area contributed by atoms with Crippen LogP contribution in [0.3, 0.4) is 0 Å². The second-order valence-corrected chi connectivity index (χ2v) is 6.12. The van der Waals surface area contributed by atoms with Crippen LogP contribution in [0, 0.1) is 5.92 Å². The van der Waals surface area contributed by atoms with Crippen LogP contribution >= 0.6 is 0 Å². The molecule has 2 amide bonds. The molecule has 0 aliphatic carbocycles. The summed E-state index contributed by atoms with van der Waals surface area (Å²) >= 11 is 0. The van der Waals surface area contributed by atoms with Crippen molar-refractivity contribution in [3.05, 3.63) is 10.4 Å². The number of azide groups is 1. The first kappa shape index (κ1) is 14.6. The van der Waals surface area contributed by atoms with Gasteiger partial charge in [-0.25, -0.2) is 4.31 Å². The zero-order valence-electron chi connectivity index (χ0n) is 10.6. The first-order chi connectivity index (χ1) is 9.27. The van der Waals surface area contributed by atoms with E-state index in [-0.39, 0.29) is 31.3 Å². The molecule has 2 aliphatic heterocycles. The van der Waals surface area contributed by atoms with Gasteiger partial charge in [-0.15, -0.1) is 0 Å². The minimum absolute atomic E-state index is 0.149. The number of nitrogens with zero attached hydrogens (tertiary/aromatic N) is 5. The first-order valence-electron chi connectivity index (χ1n) is 5.88. The SMILES string of the molecule is C[C@H]1[C@H](N2CC(CN=[N+]=[N-])CC2=O)C(=O)N1S(=O)(=O)O. The van der Waals surface area contributed by atoms with Crippen molar-refractivity contribution in [3.8, 4) is 0 Å². The van der Waals surface area contributed by atoms with E-state index in [4.69, 9.17) is 10.1 Å². The summed E-state index contributed by atoms with van der Waals surface area (Å²) in [6, 6.07) is -1.69. The molecule has 0 bridgehead atoms. The maximum absolute atomic E-state index is 11.8. The molecule has 2 rings (SSSR count). The normalized spacial score (nSPS) is 30.2. The van der Waals surface area contributed by atoms with E-state index in [1.165, 1.54) is 11.8 Å². The highest BCUT2D eigenvalue weighted by atomic mass is 32.2. The summed E-state index contributed by atoms with van der Waals surface area (Å²) in [6.45, 7) is 1.82. The summed E-state index contributed by atoms with van der Waals surface area (Å²) in [5.41, 5.74) is 8.24. The van der Waals surface area contributed by atoms with E-state index in [0.717, 1.165) is 0 Å². The number of carbonyl (C=O) groups excluding carboxylic acids is 2.